The minimum atomic E-state index is -1.78. The zero-order valence-corrected chi connectivity index (χ0v) is 25.3. The first-order chi connectivity index (χ1) is 19.2. The van der Waals surface area contributed by atoms with Crippen LogP contribution in [0.1, 0.15) is 79.1 Å². The van der Waals surface area contributed by atoms with Crippen LogP contribution in [0.5, 0.6) is 0 Å². The van der Waals surface area contributed by atoms with Gasteiger partial charge in [0.25, 0.3) is 0 Å². The molecule has 0 saturated heterocycles. The number of halogens is 1. The number of fused-ring (bicyclic) bond motifs is 5. The molecule has 5 aliphatic carbocycles. The van der Waals surface area contributed by atoms with E-state index >= 15 is 0 Å². The van der Waals surface area contributed by atoms with E-state index in [2.05, 4.69) is 5.32 Å². The molecule has 4 saturated carbocycles. The van der Waals surface area contributed by atoms with Gasteiger partial charge in [-0.1, -0.05) is 32.4 Å². The smallest absolute Gasteiger partial charge is 0.309 e. The number of Topliss-reactive ketones (excluding diaryl/α,β-unsaturated/α-hetero) is 1. The Bertz CT molecular complexity index is 1190. The third-order valence-electron chi connectivity index (χ3n) is 11.8. The van der Waals surface area contributed by atoms with E-state index in [9.17, 15) is 29.4 Å². The third kappa shape index (κ3) is 4.54. The van der Waals surface area contributed by atoms with Gasteiger partial charge in [-0.2, -0.15) is 0 Å². The number of amides is 1. The zero-order chi connectivity index (χ0) is 30.0. The summed E-state index contributed by atoms with van der Waals surface area (Å²) in [6.07, 6.45) is 8.85. The fourth-order valence-corrected chi connectivity index (χ4v) is 9.92. The van der Waals surface area contributed by atoms with Crippen LogP contribution in [0.25, 0.3) is 0 Å². The lowest BCUT2D eigenvalue weighted by atomic mass is 9.45. The van der Waals surface area contributed by atoms with E-state index in [4.69, 9.17) is 16.3 Å². The highest BCUT2D eigenvalue weighted by molar-refractivity contribution is 6.26. The van der Waals surface area contributed by atoms with Crippen LogP contribution in [0.15, 0.2) is 23.8 Å². The molecule has 0 aromatic rings. The van der Waals surface area contributed by atoms with Gasteiger partial charge in [0, 0.05) is 24.3 Å². The van der Waals surface area contributed by atoms with Crippen molar-refractivity contribution in [1.29, 1.82) is 0 Å². The van der Waals surface area contributed by atoms with Gasteiger partial charge in [0.1, 0.15) is 5.60 Å². The molecular weight excluding hydrogens is 546 g/mol. The van der Waals surface area contributed by atoms with Crippen molar-refractivity contribution in [3.8, 4) is 0 Å². The van der Waals surface area contributed by atoms with Gasteiger partial charge in [-0.15, -0.1) is 11.6 Å². The molecule has 0 bridgehead atoms. The van der Waals surface area contributed by atoms with Crippen LogP contribution in [0.3, 0.4) is 0 Å². The van der Waals surface area contributed by atoms with Crippen LogP contribution in [-0.2, 0) is 23.9 Å². The first kappa shape index (κ1) is 30.4. The minimum Gasteiger partial charge on any atom is -0.457 e. The van der Waals surface area contributed by atoms with Crippen molar-refractivity contribution >= 4 is 35.0 Å². The summed E-state index contributed by atoms with van der Waals surface area (Å²) in [7, 11) is 0. The Morgan fingerprint density at radius 3 is 2.46 bits per heavy atom. The predicted octanol–water partition coefficient (Wildman–Crippen LogP) is 3.66. The van der Waals surface area contributed by atoms with Gasteiger partial charge in [-0.25, -0.2) is 0 Å². The van der Waals surface area contributed by atoms with Crippen LogP contribution < -0.4 is 5.32 Å². The average Bonchev–Trinajstić information content (AvgIpc) is 3.13. The SMILES string of the molecule is CC(=O)NCC1CCC(C(=O)OCC(=O)[C@@]2(O)[C@@H](C)C[C@H]3[C@@H]4CCC5=CC(=O)C=C[C@]5(C)[C@@]4(Cl)[C@@H](O)C[C@@]32C)CC1. The molecule has 8 nitrogen and oxygen atoms in total. The standard InChI is InChI=1S/C32H44ClNO7/c1-18-13-25-24-10-9-22-14-23(36)11-12-29(22,3)31(24,33)26(37)15-30(25,4)32(18,40)27(38)17-41-28(39)21-7-5-20(6-8-21)16-34-19(2)35/h11-12,14,18,20-21,24-26,37,40H,5-10,13,15-17H2,1-4H3,(H,34,35)/t18-,20?,21?,24-,25-,26-,29-,30-,31-,32-/m0/s1. The van der Waals surface area contributed by atoms with Gasteiger partial charge in [-0.05, 0) is 87.2 Å². The van der Waals surface area contributed by atoms with Crippen molar-refractivity contribution in [3.05, 3.63) is 23.8 Å². The van der Waals surface area contributed by atoms with Crippen LogP contribution in [0, 0.1) is 40.4 Å². The Labute approximate surface area is 247 Å². The fraction of sp³-hybridized carbons (Fsp3) is 0.750. The lowest BCUT2D eigenvalue weighted by molar-refractivity contribution is -0.183. The van der Waals surface area contributed by atoms with Crippen molar-refractivity contribution in [2.24, 2.45) is 40.4 Å². The summed E-state index contributed by atoms with van der Waals surface area (Å²) in [6.45, 7) is 7.30. The average molecular weight is 590 g/mol. The molecule has 41 heavy (non-hydrogen) atoms. The lowest BCUT2D eigenvalue weighted by Gasteiger charge is -2.63. The summed E-state index contributed by atoms with van der Waals surface area (Å²) in [5.74, 6) is -1.79. The number of carbonyl (C=O) groups excluding carboxylic acids is 4. The topological polar surface area (TPSA) is 130 Å². The molecule has 0 aromatic heterocycles. The van der Waals surface area contributed by atoms with E-state index in [-0.39, 0.29) is 35.9 Å². The van der Waals surface area contributed by atoms with Crippen molar-refractivity contribution < 1.29 is 34.1 Å². The van der Waals surface area contributed by atoms with Gasteiger partial charge >= 0.3 is 5.97 Å². The number of carbonyl (C=O) groups is 4. The molecule has 4 fully saturated rings. The highest BCUT2D eigenvalue weighted by Gasteiger charge is 2.74. The summed E-state index contributed by atoms with van der Waals surface area (Å²) in [5, 5.41) is 26.7. The number of rotatable bonds is 6. The second-order valence-electron chi connectivity index (χ2n) is 13.9. The number of hydrogen-bond acceptors (Lipinski definition) is 7. The molecular formula is C32H44ClNO7. The molecule has 3 N–H and O–H groups in total. The van der Waals surface area contributed by atoms with Crippen LogP contribution >= 0.6 is 11.6 Å². The second-order valence-corrected chi connectivity index (χ2v) is 14.5. The zero-order valence-electron chi connectivity index (χ0n) is 24.6. The number of aliphatic hydroxyl groups excluding tert-OH is 1. The lowest BCUT2D eigenvalue weighted by Crippen LogP contribution is -2.69. The summed E-state index contributed by atoms with van der Waals surface area (Å²) in [5.41, 5.74) is -2.52. The maximum atomic E-state index is 13.8. The van der Waals surface area contributed by atoms with E-state index in [1.165, 1.54) is 13.0 Å². The maximum Gasteiger partial charge on any atom is 0.309 e. The predicted molar refractivity (Wildman–Crippen MR) is 153 cm³/mol. The highest BCUT2D eigenvalue weighted by Crippen LogP contribution is 2.71. The normalized spacial score (nSPS) is 45.1. The molecule has 9 heteroatoms. The molecule has 0 radical (unpaired) electrons. The Kier molecular flexibility index (Phi) is 7.87. The molecule has 5 rings (SSSR count). The van der Waals surface area contributed by atoms with E-state index in [0.717, 1.165) is 18.4 Å². The summed E-state index contributed by atoms with van der Waals surface area (Å²) < 4.78 is 5.52. The molecule has 0 aromatic carbocycles. The van der Waals surface area contributed by atoms with Crippen molar-refractivity contribution in [1.82, 2.24) is 5.32 Å². The first-order valence-corrected chi connectivity index (χ1v) is 15.5. The molecule has 226 valence electrons. The van der Waals surface area contributed by atoms with E-state index in [1.54, 1.807) is 6.08 Å². The molecule has 5 aliphatic rings. The summed E-state index contributed by atoms with van der Waals surface area (Å²) >= 11 is 7.46. The number of esters is 1. The van der Waals surface area contributed by atoms with Gasteiger partial charge < -0.3 is 20.3 Å². The number of nitrogens with one attached hydrogen (secondary N) is 1. The van der Waals surface area contributed by atoms with Crippen LogP contribution in [-0.4, -0.2) is 63.4 Å². The molecule has 0 heterocycles. The number of ketones is 2. The Hall–Kier alpha value is -2.03. The number of alkyl halides is 1. The molecule has 1 amide bonds. The van der Waals surface area contributed by atoms with Crippen LogP contribution in [0.2, 0.25) is 0 Å². The third-order valence-corrected chi connectivity index (χ3v) is 12.7. The minimum absolute atomic E-state index is 0.0659. The maximum absolute atomic E-state index is 13.8. The van der Waals surface area contributed by atoms with Gasteiger partial charge in [0.2, 0.25) is 11.7 Å². The number of hydrogen-bond donors (Lipinski definition) is 3. The van der Waals surface area contributed by atoms with Crippen molar-refractivity contribution in [2.75, 3.05) is 13.2 Å². The monoisotopic (exact) mass is 589 g/mol. The van der Waals surface area contributed by atoms with Gasteiger partial charge in [0.05, 0.1) is 16.9 Å². The molecule has 0 aliphatic heterocycles. The Morgan fingerprint density at radius 1 is 1.12 bits per heavy atom. The van der Waals surface area contributed by atoms with Gasteiger partial charge in [0.15, 0.2) is 12.4 Å². The van der Waals surface area contributed by atoms with Gasteiger partial charge in [-0.3, -0.25) is 19.2 Å². The van der Waals surface area contributed by atoms with Crippen molar-refractivity contribution in [3.63, 3.8) is 0 Å². The number of aliphatic hydroxyl groups is 2. The molecule has 8 atom stereocenters. The summed E-state index contributed by atoms with van der Waals surface area (Å²) in [6, 6.07) is 0. The number of allylic oxidation sites excluding steroid dienone is 4. The Balaban J connectivity index is 1.29. The fourth-order valence-electron chi connectivity index (χ4n) is 9.40. The first-order valence-electron chi connectivity index (χ1n) is 15.2. The van der Waals surface area contributed by atoms with E-state index < -0.39 is 51.7 Å². The number of ether oxygens (including phenoxy) is 1. The van der Waals surface area contributed by atoms with Crippen molar-refractivity contribution in [2.45, 2.75) is 95.6 Å². The van der Waals surface area contributed by atoms with E-state index in [1.807, 2.05) is 26.8 Å². The Morgan fingerprint density at radius 2 is 1.80 bits per heavy atom. The quantitative estimate of drug-likeness (QED) is 0.318. The summed E-state index contributed by atoms with van der Waals surface area (Å²) in [4.78, 5) is 48.9. The molecule has 0 spiro atoms. The largest absolute Gasteiger partial charge is 0.457 e. The van der Waals surface area contributed by atoms with E-state index in [0.29, 0.717) is 44.6 Å². The molecule has 0 unspecified atom stereocenters. The highest BCUT2D eigenvalue weighted by atomic mass is 35.5. The second kappa shape index (κ2) is 10.6. The van der Waals surface area contributed by atoms with Crippen LogP contribution in [0.4, 0.5) is 0 Å².